The average molecular weight is 323 g/mol. The van der Waals surface area contributed by atoms with E-state index in [2.05, 4.69) is 16.0 Å². The van der Waals surface area contributed by atoms with Crippen molar-refractivity contribution in [3.63, 3.8) is 0 Å². The lowest BCUT2D eigenvalue weighted by atomic mass is 10.2. The zero-order valence-electron chi connectivity index (χ0n) is 12.2. The number of amides is 3. The fraction of sp³-hybridized carbons (Fsp3) is 0.467. The summed E-state index contributed by atoms with van der Waals surface area (Å²) in [5.41, 5.74) is 1.52. The predicted octanol–water partition coefficient (Wildman–Crippen LogP) is 2.27. The zero-order chi connectivity index (χ0) is 15.5. The summed E-state index contributed by atoms with van der Waals surface area (Å²) in [6, 6.07) is 5.66. The summed E-state index contributed by atoms with van der Waals surface area (Å²) in [6.45, 7) is 1.31. The minimum atomic E-state index is -0.224. The Hall–Kier alpha value is -1.95. The normalized spacial score (nSPS) is 17.9. The molecule has 1 aliphatic heterocycles. The number of urea groups is 1. The minimum Gasteiger partial charge on any atom is -0.381 e. The van der Waals surface area contributed by atoms with Crippen LogP contribution in [0.5, 0.6) is 0 Å². The van der Waals surface area contributed by atoms with Gasteiger partial charge in [-0.05, 0) is 37.5 Å². The van der Waals surface area contributed by atoms with Crippen molar-refractivity contribution in [1.82, 2.24) is 10.2 Å². The summed E-state index contributed by atoms with van der Waals surface area (Å²) in [7, 11) is 0. The molecule has 1 heterocycles. The fourth-order valence-corrected chi connectivity index (χ4v) is 2.56. The third-order valence-electron chi connectivity index (χ3n) is 3.70. The molecule has 0 spiro atoms. The van der Waals surface area contributed by atoms with Gasteiger partial charge in [0.05, 0.1) is 11.4 Å². The van der Waals surface area contributed by atoms with E-state index in [1.165, 1.54) is 4.90 Å². The molecule has 3 N–H and O–H groups in total. The number of hydrogen-bond donors (Lipinski definition) is 3. The summed E-state index contributed by atoms with van der Waals surface area (Å²) in [5, 5.41) is 9.50. The molecule has 118 valence electrons. The topological polar surface area (TPSA) is 73.5 Å². The molecule has 2 aliphatic rings. The van der Waals surface area contributed by atoms with Crippen molar-refractivity contribution < 1.29 is 9.59 Å². The van der Waals surface area contributed by atoms with Gasteiger partial charge >= 0.3 is 6.03 Å². The summed E-state index contributed by atoms with van der Waals surface area (Å²) in [4.78, 5) is 25.4. The molecule has 1 saturated carbocycles. The Bertz CT molecular complexity index is 589. The molecule has 0 atom stereocenters. The predicted molar refractivity (Wildman–Crippen MR) is 86.3 cm³/mol. The van der Waals surface area contributed by atoms with Gasteiger partial charge in [-0.3, -0.25) is 4.79 Å². The second kappa shape index (κ2) is 6.44. The molecule has 1 aromatic carbocycles. The van der Waals surface area contributed by atoms with Crippen molar-refractivity contribution in [2.24, 2.45) is 0 Å². The van der Waals surface area contributed by atoms with E-state index in [9.17, 15) is 9.59 Å². The van der Waals surface area contributed by atoms with Crippen molar-refractivity contribution in [2.75, 3.05) is 30.3 Å². The van der Waals surface area contributed by atoms with E-state index in [0.717, 1.165) is 24.9 Å². The highest BCUT2D eigenvalue weighted by atomic mass is 35.5. The standard InChI is InChI=1S/C15H19ClN4O2/c16-10-2-5-12(18-11-3-4-11)13(8-10)19-14(21)9-20-7-1-6-17-15(20)22/h2,5,8,11,18H,1,3-4,6-7,9H2,(H,17,22)(H,19,21). The van der Waals surface area contributed by atoms with Crippen LogP contribution in [0.4, 0.5) is 16.2 Å². The first kappa shape index (κ1) is 15.0. The highest BCUT2D eigenvalue weighted by molar-refractivity contribution is 6.31. The van der Waals surface area contributed by atoms with Gasteiger partial charge in [0, 0.05) is 24.2 Å². The van der Waals surface area contributed by atoms with Crippen LogP contribution in [0.2, 0.25) is 5.02 Å². The Morgan fingerprint density at radius 3 is 2.91 bits per heavy atom. The van der Waals surface area contributed by atoms with Crippen LogP contribution in [0.25, 0.3) is 0 Å². The Morgan fingerprint density at radius 2 is 2.18 bits per heavy atom. The molecule has 1 saturated heterocycles. The monoisotopic (exact) mass is 322 g/mol. The van der Waals surface area contributed by atoms with E-state index in [-0.39, 0.29) is 18.5 Å². The third kappa shape index (κ3) is 3.82. The molecule has 3 amide bonds. The van der Waals surface area contributed by atoms with Crippen LogP contribution in [0.1, 0.15) is 19.3 Å². The molecule has 7 heteroatoms. The second-order valence-corrected chi connectivity index (χ2v) is 6.10. The SMILES string of the molecule is O=C(CN1CCCNC1=O)Nc1cc(Cl)ccc1NC1CC1. The third-order valence-corrected chi connectivity index (χ3v) is 3.93. The first-order valence-corrected chi connectivity index (χ1v) is 7.88. The molecule has 2 fully saturated rings. The maximum absolute atomic E-state index is 12.2. The van der Waals surface area contributed by atoms with Crippen molar-refractivity contribution in [2.45, 2.75) is 25.3 Å². The average Bonchev–Trinajstić information content (AvgIpc) is 3.28. The fourth-order valence-electron chi connectivity index (χ4n) is 2.39. The number of rotatable bonds is 5. The molecule has 6 nitrogen and oxygen atoms in total. The van der Waals surface area contributed by atoms with Crippen molar-refractivity contribution in [3.05, 3.63) is 23.2 Å². The van der Waals surface area contributed by atoms with E-state index >= 15 is 0 Å². The van der Waals surface area contributed by atoms with Gasteiger partial charge < -0.3 is 20.9 Å². The number of benzene rings is 1. The lowest BCUT2D eigenvalue weighted by Crippen LogP contribution is -2.49. The number of carbonyl (C=O) groups is 2. The van der Waals surface area contributed by atoms with Gasteiger partial charge in [0.25, 0.3) is 0 Å². The molecule has 0 unspecified atom stereocenters. The van der Waals surface area contributed by atoms with Crippen molar-refractivity contribution in [3.8, 4) is 0 Å². The Morgan fingerprint density at radius 1 is 1.36 bits per heavy atom. The Labute approximate surface area is 134 Å². The van der Waals surface area contributed by atoms with Gasteiger partial charge in [-0.25, -0.2) is 4.79 Å². The van der Waals surface area contributed by atoms with E-state index in [0.29, 0.717) is 29.8 Å². The van der Waals surface area contributed by atoms with Crippen LogP contribution in [-0.4, -0.2) is 42.5 Å². The molecule has 1 aliphatic carbocycles. The van der Waals surface area contributed by atoms with E-state index in [4.69, 9.17) is 11.6 Å². The van der Waals surface area contributed by atoms with Gasteiger partial charge in [0.2, 0.25) is 5.91 Å². The zero-order valence-corrected chi connectivity index (χ0v) is 12.9. The first-order chi connectivity index (χ1) is 10.6. The molecule has 0 bridgehead atoms. The molecule has 0 radical (unpaired) electrons. The van der Waals surface area contributed by atoms with Crippen LogP contribution in [0.15, 0.2) is 18.2 Å². The largest absolute Gasteiger partial charge is 0.381 e. The first-order valence-electron chi connectivity index (χ1n) is 7.50. The van der Waals surface area contributed by atoms with E-state index in [1.807, 2.05) is 6.07 Å². The molecular weight excluding hydrogens is 304 g/mol. The quantitative estimate of drug-likeness (QED) is 0.778. The number of hydrogen-bond acceptors (Lipinski definition) is 3. The van der Waals surface area contributed by atoms with E-state index < -0.39 is 0 Å². The minimum absolute atomic E-state index is 0.0429. The molecule has 3 rings (SSSR count). The smallest absolute Gasteiger partial charge is 0.317 e. The van der Waals surface area contributed by atoms with Gasteiger partial charge in [-0.2, -0.15) is 0 Å². The van der Waals surface area contributed by atoms with Crippen LogP contribution in [0.3, 0.4) is 0 Å². The van der Waals surface area contributed by atoms with Gasteiger partial charge in [-0.1, -0.05) is 11.6 Å². The number of nitrogens with one attached hydrogen (secondary N) is 3. The lowest BCUT2D eigenvalue weighted by Gasteiger charge is -2.26. The highest BCUT2D eigenvalue weighted by Crippen LogP contribution is 2.31. The highest BCUT2D eigenvalue weighted by Gasteiger charge is 2.23. The van der Waals surface area contributed by atoms with Crippen LogP contribution in [-0.2, 0) is 4.79 Å². The number of carbonyl (C=O) groups excluding carboxylic acids is 2. The summed E-state index contributed by atoms with van der Waals surface area (Å²) in [6.07, 6.45) is 3.14. The second-order valence-electron chi connectivity index (χ2n) is 5.66. The number of anilines is 2. The summed E-state index contributed by atoms with van der Waals surface area (Å²) >= 11 is 6.01. The molecule has 0 aromatic heterocycles. The van der Waals surface area contributed by atoms with Crippen molar-refractivity contribution in [1.29, 1.82) is 0 Å². The van der Waals surface area contributed by atoms with Gasteiger partial charge in [-0.15, -0.1) is 0 Å². The molecular formula is C15H19ClN4O2. The maximum Gasteiger partial charge on any atom is 0.317 e. The molecule has 22 heavy (non-hydrogen) atoms. The van der Waals surface area contributed by atoms with Crippen molar-refractivity contribution >= 4 is 34.9 Å². The lowest BCUT2D eigenvalue weighted by molar-refractivity contribution is -0.116. The Balaban J connectivity index is 1.64. The summed E-state index contributed by atoms with van der Waals surface area (Å²) in [5.74, 6) is -0.224. The molecule has 1 aromatic rings. The van der Waals surface area contributed by atoms with Crippen LogP contribution in [0, 0.1) is 0 Å². The van der Waals surface area contributed by atoms with E-state index in [1.54, 1.807) is 12.1 Å². The van der Waals surface area contributed by atoms with Gasteiger partial charge in [0.1, 0.15) is 6.54 Å². The summed E-state index contributed by atoms with van der Waals surface area (Å²) < 4.78 is 0. The number of nitrogens with zero attached hydrogens (tertiary/aromatic N) is 1. The van der Waals surface area contributed by atoms with Gasteiger partial charge in [0.15, 0.2) is 0 Å². The van der Waals surface area contributed by atoms with Crippen LogP contribution < -0.4 is 16.0 Å². The number of halogens is 1. The van der Waals surface area contributed by atoms with Crippen LogP contribution >= 0.6 is 11.6 Å². The maximum atomic E-state index is 12.2. The Kier molecular flexibility index (Phi) is 4.38.